The van der Waals surface area contributed by atoms with Gasteiger partial charge in [-0.15, -0.1) is 0 Å². The van der Waals surface area contributed by atoms with Gasteiger partial charge in [0.1, 0.15) is 0 Å². The Kier molecular flexibility index (Phi) is 3.20. The van der Waals surface area contributed by atoms with Crippen molar-refractivity contribution in [3.05, 3.63) is 34.0 Å². The number of hydrogen-bond donors (Lipinski definition) is 2. The van der Waals surface area contributed by atoms with Gasteiger partial charge in [0.25, 0.3) is 11.6 Å². The summed E-state index contributed by atoms with van der Waals surface area (Å²) >= 11 is 0. The lowest BCUT2D eigenvalue weighted by Crippen LogP contribution is -2.26. The fraction of sp³-hybridized carbons (Fsp3) is 0.200. The van der Waals surface area contributed by atoms with E-state index in [9.17, 15) is 14.9 Å². The van der Waals surface area contributed by atoms with E-state index in [4.69, 9.17) is 9.63 Å². The molecule has 1 amide bonds. The number of aliphatic hydroxyl groups is 1. The molecule has 0 aliphatic rings. The van der Waals surface area contributed by atoms with Crippen molar-refractivity contribution in [2.24, 2.45) is 0 Å². The number of aliphatic hydroxyl groups excluding tert-OH is 1. The van der Waals surface area contributed by atoms with Gasteiger partial charge in [-0.2, -0.15) is 0 Å². The highest BCUT2D eigenvalue weighted by molar-refractivity contribution is 6.04. The molecule has 1 heterocycles. The van der Waals surface area contributed by atoms with Crippen molar-refractivity contribution >= 4 is 22.6 Å². The van der Waals surface area contributed by atoms with Gasteiger partial charge in [-0.25, -0.2) is 0 Å². The van der Waals surface area contributed by atoms with Crippen molar-refractivity contribution in [3.63, 3.8) is 0 Å². The zero-order chi connectivity index (χ0) is 13.1. The molecular formula is C10H9N3O5. The molecule has 2 aromatic rings. The van der Waals surface area contributed by atoms with E-state index in [0.29, 0.717) is 5.39 Å². The molecule has 0 saturated heterocycles. The normalized spacial score (nSPS) is 10.5. The average molecular weight is 251 g/mol. The maximum atomic E-state index is 11.6. The van der Waals surface area contributed by atoms with E-state index in [-0.39, 0.29) is 30.1 Å². The first-order chi connectivity index (χ1) is 8.63. The van der Waals surface area contributed by atoms with E-state index < -0.39 is 10.8 Å². The molecule has 2 N–H and O–H groups in total. The number of amides is 1. The number of carbonyl (C=O) groups is 1. The van der Waals surface area contributed by atoms with E-state index in [0.717, 1.165) is 0 Å². The summed E-state index contributed by atoms with van der Waals surface area (Å²) in [5, 5.41) is 25.5. The van der Waals surface area contributed by atoms with Gasteiger partial charge in [0.15, 0.2) is 11.3 Å². The monoisotopic (exact) mass is 251 g/mol. The van der Waals surface area contributed by atoms with Crippen LogP contribution in [0.25, 0.3) is 11.0 Å². The Balaban J connectivity index is 2.37. The third-order valence-electron chi connectivity index (χ3n) is 2.28. The molecule has 2 rings (SSSR count). The van der Waals surface area contributed by atoms with Crippen LogP contribution >= 0.6 is 0 Å². The van der Waals surface area contributed by atoms with Gasteiger partial charge in [0, 0.05) is 12.6 Å². The Morgan fingerprint density at radius 1 is 1.56 bits per heavy atom. The fourth-order valence-corrected chi connectivity index (χ4v) is 1.46. The summed E-state index contributed by atoms with van der Waals surface area (Å²) in [6.07, 6.45) is 0. The fourth-order valence-electron chi connectivity index (χ4n) is 1.46. The summed E-state index contributed by atoms with van der Waals surface area (Å²) in [5.41, 5.74) is 0.0627. The quantitative estimate of drug-likeness (QED) is 0.601. The molecule has 0 aliphatic heterocycles. The van der Waals surface area contributed by atoms with Crippen LogP contribution in [0.4, 0.5) is 5.69 Å². The standard InChI is InChI=1S/C10H9N3O5/c14-4-3-11-10(15)9-7-2-1-6(13(16)17)5-8(7)18-12-9/h1-2,5,14H,3-4H2,(H,11,15). The molecule has 0 spiro atoms. The number of hydrogen-bond acceptors (Lipinski definition) is 6. The van der Waals surface area contributed by atoms with Crippen molar-refractivity contribution in [2.45, 2.75) is 0 Å². The summed E-state index contributed by atoms with van der Waals surface area (Å²) in [6, 6.07) is 3.87. The molecule has 1 aromatic carbocycles. The third kappa shape index (κ3) is 2.13. The zero-order valence-electron chi connectivity index (χ0n) is 9.12. The SMILES string of the molecule is O=C(NCCO)c1noc2cc([N+](=O)[O-])ccc12. The van der Waals surface area contributed by atoms with Crippen LogP contribution in [0.15, 0.2) is 22.7 Å². The molecule has 0 unspecified atom stereocenters. The summed E-state index contributed by atoms with van der Waals surface area (Å²) in [6.45, 7) is -0.0901. The molecule has 18 heavy (non-hydrogen) atoms. The highest BCUT2D eigenvalue weighted by Crippen LogP contribution is 2.23. The Hall–Kier alpha value is -2.48. The van der Waals surface area contributed by atoms with Gasteiger partial charge in [0.2, 0.25) is 0 Å². The smallest absolute Gasteiger partial charge is 0.274 e. The largest absolute Gasteiger partial charge is 0.395 e. The van der Waals surface area contributed by atoms with Crippen LogP contribution in [-0.2, 0) is 0 Å². The number of nitro benzene ring substituents is 1. The summed E-state index contributed by atoms with van der Waals surface area (Å²) in [5.74, 6) is -0.503. The first kappa shape index (κ1) is 12.0. The Morgan fingerprint density at radius 2 is 2.33 bits per heavy atom. The molecule has 0 saturated carbocycles. The van der Waals surface area contributed by atoms with E-state index in [1.54, 1.807) is 0 Å². The van der Waals surface area contributed by atoms with E-state index in [1.807, 2.05) is 0 Å². The first-order valence-electron chi connectivity index (χ1n) is 5.06. The van der Waals surface area contributed by atoms with Gasteiger partial charge in [-0.1, -0.05) is 5.16 Å². The summed E-state index contributed by atoms with van der Waals surface area (Å²) < 4.78 is 4.86. The minimum atomic E-state index is -0.562. The lowest BCUT2D eigenvalue weighted by Gasteiger charge is -1.98. The van der Waals surface area contributed by atoms with E-state index in [2.05, 4.69) is 10.5 Å². The number of rotatable bonds is 4. The van der Waals surface area contributed by atoms with Crippen molar-refractivity contribution in [2.75, 3.05) is 13.2 Å². The lowest BCUT2D eigenvalue weighted by atomic mass is 10.2. The highest BCUT2D eigenvalue weighted by atomic mass is 16.6. The topological polar surface area (TPSA) is 118 Å². The predicted octanol–water partition coefficient (Wildman–Crippen LogP) is 0.458. The number of aromatic nitrogens is 1. The Bertz CT molecular complexity index is 607. The molecule has 0 bridgehead atoms. The molecule has 0 fully saturated rings. The predicted molar refractivity (Wildman–Crippen MR) is 60.1 cm³/mol. The summed E-state index contributed by atoms with van der Waals surface area (Å²) in [4.78, 5) is 21.6. The lowest BCUT2D eigenvalue weighted by molar-refractivity contribution is -0.384. The average Bonchev–Trinajstić information content (AvgIpc) is 2.78. The molecule has 94 valence electrons. The number of fused-ring (bicyclic) bond motifs is 1. The van der Waals surface area contributed by atoms with Crippen LogP contribution in [-0.4, -0.2) is 34.2 Å². The van der Waals surface area contributed by atoms with Crippen LogP contribution in [0.5, 0.6) is 0 Å². The highest BCUT2D eigenvalue weighted by Gasteiger charge is 2.18. The maximum Gasteiger partial charge on any atom is 0.274 e. The maximum absolute atomic E-state index is 11.6. The van der Waals surface area contributed by atoms with Crippen molar-refractivity contribution in [1.82, 2.24) is 10.5 Å². The zero-order valence-corrected chi connectivity index (χ0v) is 9.12. The first-order valence-corrected chi connectivity index (χ1v) is 5.06. The second kappa shape index (κ2) is 4.80. The molecular weight excluding hydrogens is 242 g/mol. The number of nitrogens with one attached hydrogen (secondary N) is 1. The van der Waals surface area contributed by atoms with E-state index >= 15 is 0 Å². The second-order valence-corrected chi connectivity index (χ2v) is 3.45. The van der Waals surface area contributed by atoms with Crippen LogP contribution in [0.1, 0.15) is 10.5 Å². The van der Waals surface area contributed by atoms with Gasteiger partial charge in [-0.05, 0) is 6.07 Å². The van der Waals surface area contributed by atoms with Gasteiger partial charge in [-0.3, -0.25) is 14.9 Å². The van der Waals surface area contributed by atoms with Crippen LogP contribution in [0.2, 0.25) is 0 Å². The number of nitro groups is 1. The van der Waals surface area contributed by atoms with Crippen molar-refractivity contribution < 1.29 is 19.3 Å². The van der Waals surface area contributed by atoms with Gasteiger partial charge < -0.3 is 14.9 Å². The number of nitrogens with zero attached hydrogens (tertiary/aromatic N) is 2. The number of benzene rings is 1. The second-order valence-electron chi connectivity index (χ2n) is 3.45. The van der Waals surface area contributed by atoms with Crippen molar-refractivity contribution in [3.8, 4) is 0 Å². The van der Waals surface area contributed by atoms with Crippen LogP contribution in [0.3, 0.4) is 0 Å². The Morgan fingerprint density at radius 3 is 3.00 bits per heavy atom. The van der Waals surface area contributed by atoms with Gasteiger partial charge >= 0.3 is 0 Å². The van der Waals surface area contributed by atoms with E-state index in [1.165, 1.54) is 18.2 Å². The summed E-state index contributed by atoms with van der Waals surface area (Å²) in [7, 11) is 0. The molecule has 0 aliphatic carbocycles. The molecule has 8 heteroatoms. The molecule has 8 nitrogen and oxygen atoms in total. The van der Waals surface area contributed by atoms with Crippen LogP contribution in [0, 0.1) is 10.1 Å². The molecule has 0 radical (unpaired) electrons. The number of carbonyl (C=O) groups excluding carboxylic acids is 1. The Labute approximate surface area is 100 Å². The molecule has 1 aromatic heterocycles. The van der Waals surface area contributed by atoms with Crippen molar-refractivity contribution in [1.29, 1.82) is 0 Å². The minimum Gasteiger partial charge on any atom is -0.395 e. The third-order valence-corrected chi connectivity index (χ3v) is 2.28. The van der Waals surface area contributed by atoms with Gasteiger partial charge in [0.05, 0.1) is 23.0 Å². The molecule has 0 atom stereocenters. The minimum absolute atomic E-state index is 0.0355. The van der Waals surface area contributed by atoms with Crippen LogP contribution < -0.4 is 5.32 Å². The number of non-ortho nitro benzene ring substituents is 1.